The smallest absolute Gasteiger partial charge is 0.315 e. The molecule has 0 bridgehead atoms. The molecule has 144 valence electrons. The first-order chi connectivity index (χ1) is 12.8. The van der Waals surface area contributed by atoms with Gasteiger partial charge in [-0.25, -0.2) is 4.98 Å². The summed E-state index contributed by atoms with van der Waals surface area (Å²) < 4.78 is 9.89. The van der Waals surface area contributed by atoms with E-state index < -0.39 is 15.7 Å². The maximum absolute atomic E-state index is 12.3. The third kappa shape index (κ3) is 3.41. The van der Waals surface area contributed by atoms with E-state index in [4.69, 9.17) is 32.4 Å². The Bertz CT molecular complexity index is 856. The fraction of sp³-hybridized carbons (Fsp3) is 0.526. The van der Waals surface area contributed by atoms with Gasteiger partial charge in [-0.1, -0.05) is 12.1 Å². The van der Waals surface area contributed by atoms with E-state index in [-0.39, 0.29) is 18.4 Å². The molecule has 0 N–H and O–H groups in total. The maximum atomic E-state index is 12.3. The highest BCUT2D eigenvalue weighted by Gasteiger charge is 2.69. The largest absolute Gasteiger partial charge is 0.455 e. The minimum Gasteiger partial charge on any atom is -0.455 e. The van der Waals surface area contributed by atoms with Crippen molar-refractivity contribution in [2.24, 2.45) is 5.41 Å². The lowest BCUT2D eigenvalue weighted by atomic mass is 9.97. The second kappa shape index (κ2) is 6.67. The van der Waals surface area contributed by atoms with Crippen LogP contribution in [0.4, 0.5) is 0 Å². The number of nitrogens with zero attached hydrogens (tertiary/aromatic N) is 2. The molecule has 0 spiro atoms. The van der Waals surface area contributed by atoms with Crippen LogP contribution in [0.1, 0.15) is 38.0 Å². The van der Waals surface area contributed by atoms with Gasteiger partial charge in [-0.05, 0) is 31.9 Å². The number of aromatic nitrogens is 1. The highest BCUT2D eigenvalue weighted by molar-refractivity contribution is 6.53. The summed E-state index contributed by atoms with van der Waals surface area (Å²) in [5, 5.41) is 0. The molecule has 2 fully saturated rings. The van der Waals surface area contributed by atoms with Crippen molar-refractivity contribution < 1.29 is 18.7 Å². The van der Waals surface area contributed by atoms with Crippen LogP contribution in [-0.2, 0) is 14.3 Å². The molecule has 2 heterocycles. The zero-order chi connectivity index (χ0) is 19.2. The SMILES string of the molecule is C[C@@]1(C(=O)OCC(=O)N2CCC(c3nc4ccccc4o3)CC2)CC1(Cl)Cl. The van der Waals surface area contributed by atoms with Gasteiger partial charge in [0.25, 0.3) is 5.91 Å². The number of oxazole rings is 1. The van der Waals surface area contributed by atoms with Crippen molar-refractivity contribution in [3.63, 3.8) is 0 Å². The average Bonchev–Trinajstić information content (AvgIpc) is 3.01. The number of fused-ring (bicyclic) bond motifs is 1. The van der Waals surface area contributed by atoms with Gasteiger partial charge in [0.15, 0.2) is 18.1 Å². The van der Waals surface area contributed by atoms with Crippen LogP contribution in [0.15, 0.2) is 28.7 Å². The standard InChI is InChI=1S/C19H20Cl2N2O4/c1-18(11-19(18,20)21)17(25)26-10-15(24)23-8-6-12(7-9-23)16-22-13-4-2-3-5-14(13)27-16/h2-5,12H,6-11H2,1H3/t18-/m0/s1. The van der Waals surface area contributed by atoms with Crippen molar-refractivity contribution in [3.8, 4) is 0 Å². The van der Waals surface area contributed by atoms with E-state index in [1.807, 2.05) is 24.3 Å². The van der Waals surface area contributed by atoms with E-state index in [1.54, 1.807) is 11.8 Å². The van der Waals surface area contributed by atoms with Gasteiger partial charge in [0, 0.05) is 25.4 Å². The number of piperidine rings is 1. The normalized spacial score (nSPS) is 24.8. The fourth-order valence-corrected chi connectivity index (χ4v) is 4.13. The number of carbonyl (C=O) groups is 2. The van der Waals surface area contributed by atoms with Crippen LogP contribution in [0.3, 0.4) is 0 Å². The Balaban J connectivity index is 1.28. The molecule has 0 radical (unpaired) electrons. The van der Waals surface area contributed by atoms with Gasteiger partial charge in [-0.3, -0.25) is 9.59 Å². The summed E-state index contributed by atoms with van der Waals surface area (Å²) in [5.74, 6) is 0.167. The van der Waals surface area contributed by atoms with E-state index in [1.165, 1.54) is 0 Å². The lowest BCUT2D eigenvalue weighted by molar-refractivity contribution is -0.156. The van der Waals surface area contributed by atoms with Crippen molar-refractivity contribution in [1.29, 1.82) is 0 Å². The van der Waals surface area contributed by atoms with Crippen LogP contribution in [0, 0.1) is 5.41 Å². The molecule has 4 rings (SSSR count). The Labute approximate surface area is 166 Å². The highest BCUT2D eigenvalue weighted by atomic mass is 35.5. The molecule has 6 nitrogen and oxygen atoms in total. The molecule has 1 amide bonds. The first kappa shape index (κ1) is 18.6. The van der Waals surface area contributed by atoms with E-state index >= 15 is 0 Å². The number of amides is 1. The topological polar surface area (TPSA) is 72.6 Å². The summed E-state index contributed by atoms with van der Waals surface area (Å²) in [6, 6.07) is 7.67. The maximum Gasteiger partial charge on any atom is 0.315 e. The summed E-state index contributed by atoms with van der Waals surface area (Å²) in [7, 11) is 0. The zero-order valence-corrected chi connectivity index (χ0v) is 16.4. The number of esters is 1. The minimum atomic E-state index is -1.09. The molecule has 1 aromatic heterocycles. The lowest BCUT2D eigenvalue weighted by Crippen LogP contribution is -2.40. The first-order valence-electron chi connectivity index (χ1n) is 8.98. The van der Waals surface area contributed by atoms with Crippen LogP contribution < -0.4 is 0 Å². The molecule has 1 aromatic carbocycles. The number of rotatable bonds is 4. The quantitative estimate of drug-likeness (QED) is 0.567. The Morgan fingerprint density at radius 1 is 1.30 bits per heavy atom. The van der Waals surface area contributed by atoms with E-state index in [0.29, 0.717) is 19.5 Å². The number of hydrogen-bond acceptors (Lipinski definition) is 5. The average molecular weight is 411 g/mol. The number of alkyl halides is 2. The highest BCUT2D eigenvalue weighted by Crippen LogP contribution is 2.64. The summed E-state index contributed by atoms with van der Waals surface area (Å²) in [6.07, 6.45) is 1.86. The van der Waals surface area contributed by atoms with Crippen molar-refractivity contribution in [1.82, 2.24) is 9.88 Å². The fourth-order valence-electron chi connectivity index (χ4n) is 3.44. The number of likely N-dealkylation sites (tertiary alicyclic amines) is 1. The molecule has 1 aliphatic heterocycles. The summed E-state index contributed by atoms with van der Waals surface area (Å²) >= 11 is 11.9. The monoisotopic (exact) mass is 410 g/mol. The summed E-state index contributed by atoms with van der Waals surface area (Å²) in [5.41, 5.74) is 0.707. The van der Waals surface area contributed by atoms with Gasteiger partial charge in [0.2, 0.25) is 0 Å². The molecular formula is C19H20Cl2N2O4. The zero-order valence-electron chi connectivity index (χ0n) is 14.9. The third-order valence-corrected chi connectivity index (χ3v) is 6.64. The van der Waals surface area contributed by atoms with E-state index in [2.05, 4.69) is 4.98 Å². The number of ether oxygens (including phenoxy) is 1. The molecule has 1 atom stereocenters. The van der Waals surface area contributed by atoms with Gasteiger partial charge < -0.3 is 14.1 Å². The molecule has 2 aromatic rings. The van der Waals surface area contributed by atoms with Crippen LogP contribution in [0.2, 0.25) is 0 Å². The molecule has 27 heavy (non-hydrogen) atoms. The number of halogens is 2. The molecule has 0 unspecified atom stereocenters. The van der Waals surface area contributed by atoms with Crippen molar-refractivity contribution >= 4 is 46.2 Å². The molecule has 2 aliphatic rings. The van der Waals surface area contributed by atoms with Crippen molar-refractivity contribution in [3.05, 3.63) is 30.2 Å². The van der Waals surface area contributed by atoms with Crippen molar-refractivity contribution in [2.75, 3.05) is 19.7 Å². The molecule has 1 saturated heterocycles. The predicted octanol–water partition coefficient (Wildman–Crippen LogP) is 3.66. The first-order valence-corrected chi connectivity index (χ1v) is 9.74. The summed E-state index contributed by atoms with van der Waals surface area (Å²) in [4.78, 5) is 30.7. The number of para-hydroxylation sites is 2. The molecule has 8 heteroatoms. The van der Waals surface area contributed by atoms with E-state index in [0.717, 1.165) is 29.8 Å². The Morgan fingerprint density at radius 2 is 1.96 bits per heavy atom. The van der Waals surface area contributed by atoms with Gasteiger partial charge in [-0.2, -0.15) is 0 Å². The Morgan fingerprint density at radius 3 is 2.59 bits per heavy atom. The van der Waals surface area contributed by atoms with Crippen LogP contribution in [0.5, 0.6) is 0 Å². The van der Waals surface area contributed by atoms with Gasteiger partial charge in [0.1, 0.15) is 15.3 Å². The van der Waals surface area contributed by atoms with Crippen LogP contribution in [0.25, 0.3) is 11.1 Å². The second-order valence-electron chi connectivity index (χ2n) is 7.46. The Hall–Kier alpha value is -1.79. The lowest BCUT2D eigenvalue weighted by Gasteiger charge is -2.30. The van der Waals surface area contributed by atoms with Crippen molar-refractivity contribution in [2.45, 2.75) is 36.4 Å². The summed E-state index contributed by atoms with van der Waals surface area (Å²) in [6.45, 7) is 2.51. The van der Waals surface area contributed by atoms with Gasteiger partial charge in [-0.15, -0.1) is 23.2 Å². The second-order valence-corrected chi connectivity index (χ2v) is 8.95. The third-order valence-electron chi connectivity index (χ3n) is 5.54. The molecule has 1 saturated carbocycles. The number of carbonyl (C=O) groups excluding carboxylic acids is 2. The van der Waals surface area contributed by atoms with Crippen LogP contribution >= 0.6 is 23.2 Å². The van der Waals surface area contributed by atoms with Gasteiger partial charge in [0.05, 0.1) is 0 Å². The van der Waals surface area contributed by atoms with Crippen LogP contribution in [-0.4, -0.2) is 45.8 Å². The molecule has 1 aliphatic carbocycles. The van der Waals surface area contributed by atoms with Gasteiger partial charge >= 0.3 is 5.97 Å². The Kier molecular flexibility index (Phi) is 4.59. The number of benzene rings is 1. The predicted molar refractivity (Wildman–Crippen MR) is 101 cm³/mol. The van der Waals surface area contributed by atoms with E-state index in [9.17, 15) is 9.59 Å². The number of hydrogen-bond donors (Lipinski definition) is 0. The minimum absolute atomic E-state index is 0.183. The molecular weight excluding hydrogens is 391 g/mol.